The molecule has 0 spiro atoms. The Morgan fingerprint density at radius 1 is 1.05 bits per heavy atom. The number of carbonyl (C=O) groups excluding carboxylic acids is 1. The second-order valence-electron chi connectivity index (χ2n) is 9.96. The number of amides is 1. The molecule has 3 unspecified atom stereocenters. The van der Waals surface area contributed by atoms with Crippen molar-refractivity contribution in [3.63, 3.8) is 0 Å². The molecule has 1 saturated carbocycles. The molecule has 3 fully saturated rings. The van der Waals surface area contributed by atoms with E-state index in [0.29, 0.717) is 29.7 Å². The van der Waals surface area contributed by atoms with Crippen LogP contribution in [0.5, 0.6) is 5.88 Å². The molecule has 4 heterocycles. The molecule has 1 aliphatic carbocycles. The molecular weight excluding hydrogens is 497 g/mol. The van der Waals surface area contributed by atoms with E-state index in [1.165, 1.54) is 10.9 Å². The van der Waals surface area contributed by atoms with Crippen LogP contribution >= 0.6 is 0 Å². The van der Waals surface area contributed by atoms with Crippen LogP contribution < -0.4 is 4.74 Å². The van der Waals surface area contributed by atoms with E-state index in [1.807, 2.05) is 30.0 Å². The number of rotatable bonds is 5. The quantitative estimate of drug-likeness (QED) is 0.372. The zero-order valence-electron chi connectivity index (χ0n) is 20.6. The number of halogens is 3. The summed E-state index contributed by atoms with van der Waals surface area (Å²) in [5, 5.41) is 8.38. The third-order valence-electron chi connectivity index (χ3n) is 7.50. The summed E-state index contributed by atoms with van der Waals surface area (Å²) in [6.45, 7) is 2.54. The third kappa shape index (κ3) is 4.46. The van der Waals surface area contributed by atoms with Crippen molar-refractivity contribution in [1.29, 1.82) is 0 Å². The summed E-state index contributed by atoms with van der Waals surface area (Å²) >= 11 is 0. The molecule has 2 saturated heterocycles. The van der Waals surface area contributed by atoms with Crippen molar-refractivity contribution < 1.29 is 22.7 Å². The smallest absolute Gasteiger partial charge is 0.438 e. The molecule has 2 aromatic heterocycles. The molecule has 4 aromatic rings. The van der Waals surface area contributed by atoms with E-state index in [9.17, 15) is 18.0 Å². The zero-order chi connectivity index (χ0) is 26.4. The number of piperidine rings is 2. The Kier molecular flexibility index (Phi) is 6.00. The number of ether oxygens (including phenoxy) is 1. The van der Waals surface area contributed by atoms with Gasteiger partial charge in [-0.05, 0) is 62.3 Å². The highest BCUT2D eigenvalue weighted by Gasteiger charge is 2.44. The molecule has 1 amide bonds. The molecular formula is C27H25F3N6O2. The molecule has 2 aromatic carbocycles. The molecule has 196 valence electrons. The minimum Gasteiger partial charge on any atom is -0.476 e. The molecule has 2 bridgehead atoms. The van der Waals surface area contributed by atoms with Crippen LogP contribution in [-0.4, -0.2) is 55.0 Å². The number of carbonyl (C=O) groups is 1. The number of alkyl halides is 3. The van der Waals surface area contributed by atoms with Crippen LogP contribution in [0.15, 0.2) is 54.9 Å². The van der Waals surface area contributed by atoms with E-state index in [-0.39, 0.29) is 35.9 Å². The average molecular weight is 523 g/mol. The second kappa shape index (κ2) is 9.38. The topological polar surface area (TPSA) is 86.0 Å². The van der Waals surface area contributed by atoms with Crippen LogP contribution in [0.3, 0.4) is 0 Å². The number of nitrogens with zero attached hydrogens (tertiary/aromatic N) is 6. The van der Waals surface area contributed by atoms with E-state index in [0.717, 1.165) is 18.4 Å². The maximum atomic E-state index is 13.7. The van der Waals surface area contributed by atoms with Crippen molar-refractivity contribution in [2.24, 2.45) is 11.8 Å². The Hall–Kier alpha value is -4.02. The predicted molar refractivity (Wildman–Crippen MR) is 132 cm³/mol. The number of aryl methyl sites for hydroxylation is 1. The van der Waals surface area contributed by atoms with Gasteiger partial charge in [0.15, 0.2) is 0 Å². The predicted octanol–water partition coefficient (Wildman–Crippen LogP) is 4.86. The Labute approximate surface area is 216 Å². The fourth-order valence-corrected chi connectivity index (χ4v) is 5.63. The number of hydrogen-bond acceptors (Lipinski definition) is 6. The molecule has 8 nitrogen and oxygen atoms in total. The van der Waals surface area contributed by atoms with Crippen LogP contribution in [0.1, 0.15) is 40.9 Å². The van der Waals surface area contributed by atoms with Gasteiger partial charge in [0.05, 0.1) is 41.3 Å². The normalized spacial score (nSPS) is 21.2. The highest BCUT2D eigenvalue weighted by atomic mass is 19.4. The van der Waals surface area contributed by atoms with Crippen LogP contribution in [-0.2, 0) is 6.18 Å². The van der Waals surface area contributed by atoms with Gasteiger partial charge in [-0.25, -0.2) is 9.97 Å². The van der Waals surface area contributed by atoms with Gasteiger partial charge in [0.25, 0.3) is 5.91 Å². The van der Waals surface area contributed by atoms with E-state index in [1.54, 1.807) is 30.6 Å². The number of hydrogen-bond donors (Lipinski definition) is 0. The zero-order valence-corrected chi connectivity index (χ0v) is 20.6. The van der Waals surface area contributed by atoms with E-state index >= 15 is 0 Å². The third-order valence-corrected chi connectivity index (χ3v) is 7.50. The molecule has 3 atom stereocenters. The Balaban J connectivity index is 1.20. The first-order chi connectivity index (χ1) is 18.3. The first-order valence-corrected chi connectivity index (χ1v) is 12.5. The van der Waals surface area contributed by atoms with Gasteiger partial charge in [-0.1, -0.05) is 23.8 Å². The first kappa shape index (κ1) is 24.3. The molecule has 38 heavy (non-hydrogen) atoms. The Bertz CT molecular complexity index is 1490. The van der Waals surface area contributed by atoms with Gasteiger partial charge < -0.3 is 9.64 Å². The fourth-order valence-electron chi connectivity index (χ4n) is 5.63. The van der Waals surface area contributed by atoms with Crippen LogP contribution in [0.4, 0.5) is 13.2 Å². The summed E-state index contributed by atoms with van der Waals surface area (Å²) in [4.78, 5) is 25.0. The summed E-state index contributed by atoms with van der Waals surface area (Å²) < 4.78 is 46.9. The number of aromatic nitrogens is 5. The van der Waals surface area contributed by atoms with Crippen molar-refractivity contribution in [3.8, 4) is 11.6 Å². The Morgan fingerprint density at radius 3 is 2.47 bits per heavy atom. The summed E-state index contributed by atoms with van der Waals surface area (Å²) in [7, 11) is 0. The minimum atomic E-state index is -4.68. The highest BCUT2D eigenvalue weighted by Crippen LogP contribution is 2.41. The van der Waals surface area contributed by atoms with Crippen molar-refractivity contribution in [1.82, 2.24) is 29.9 Å². The van der Waals surface area contributed by atoms with Crippen molar-refractivity contribution in [3.05, 3.63) is 71.7 Å². The van der Waals surface area contributed by atoms with Crippen LogP contribution in [0.2, 0.25) is 0 Å². The van der Waals surface area contributed by atoms with Gasteiger partial charge >= 0.3 is 6.18 Å². The largest absolute Gasteiger partial charge is 0.476 e. The number of para-hydroxylation sites is 2. The lowest BCUT2D eigenvalue weighted by Crippen LogP contribution is -2.55. The lowest BCUT2D eigenvalue weighted by molar-refractivity contribution is -0.143. The molecule has 0 radical (unpaired) electrons. The van der Waals surface area contributed by atoms with Crippen molar-refractivity contribution in [2.75, 3.05) is 13.2 Å². The van der Waals surface area contributed by atoms with E-state index in [2.05, 4.69) is 20.2 Å². The van der Waals surface area contributed by atoms with Gasteiger partial charge in [-0.15, -0.1) is 0 Å². The molecule has 0 N–H and O–H groups in total. The van der Waals surface area contributed by atoms with Gasteiger partial charge in [-0.2, -0.15) is 28.2 Å². The van der Waals surface area contributed by atoms with Crippen LogP contribution in [0.25, 0.3) is 16.7 Å². The monoisotopic (exact) mass is 522 g/mol. The Morgan fingerprint density at radius 2 is 1.79 bits per heavy atom. The van der Waals surface area contributed by atoms with Crippen molar-refractivity contribution >= 4 is 16.9 Å². The lowest BCUT2D eigenvalue weighted by Gasteiger charge is -2.49. The maximum Gasteiger partial charge on any atom is 0.438 e. The average Bonchev–Trinajstić information content (AvgIpc) is 3.45. The van der Waals surface area contributed by atoms with E-state index < -0.39 is 17.8 Å². The molecule has 11 heteroatoms. The fraction of sp³-hybridized carbons (Fsp3) is 0.370. The SMILES string of the molecule is Cc1ccc(-n2nccn2)c(C(=O)N2CC3CCC2CC3COc2nc3ccccc3nc2C(F)(F)F)c1. The second-order valence-corrected chi connectivity index (χ2v) is 9.96. The van der Waals surface area contributed by atoms with Gasteiger partial charge in [-0.3, -0.25) is 4.79 Å². The van der Waals surface area contributed by atoms with Crippen molar-refractivity contribution in [2.45, 2.75) is 38.4 Å². The first-order valence-electron chi connectivity index (χ1n) is 12.5. The van der Waals surface area contributed by atoms with Gasteiger partial charge in [0, 0.05) is 12.6 Å². The minimum absolute atomic E-state index is 0.0110. The van der Waals surface area contributed by atoms with Gasteiger partial charge in [0.2, 0.25) is 11.6 Å². The lowest BCUT2D eigenvalue weighted by atomic mass is 9.72. The van der Waals surface area contributed by atoms with Crippen LogP contribution in [0, 0.1) is 18.8 Å². The van der Waals surface area contributed by atoms with Gasteiger partial charge in [0.1, 0.15) is 0 Å². The summed E-state index contributed by atoms with van der Waals surface area (Å²) in [5.41, 5.74) is 1.49. The highest BCUT2D eigenvalue weighted by molar-refractivity contribution is 5.98. The summed E-state index contributed by atoms with van der Waals surface area (Å²) in [6, 6.07) is 12.0. The molecule has 2 aliphatic heterocycles. The standard InChI is InChI=1S/C27H25F3N6O2/c1-16-6-9-23(36-31-10-11-32-36)20(12-16)26(37)35-14-17-7-8-19(35)13-18(17)15-38-25-24(27(28,29)30)33-21-4-2-3-5-22(21)34-25/h2-6,9-12,17-19H,7-8,13-15H2,1H3. The summed E-state index contributed by atoms with van der Waals surface area (Å²) in [5.74, 6) is -0.462. The number of benzene rings is 2. The molecule has 3 aliphatic rings. The van der Waals surface area contributed by atoms with E-state index in [4.69, 9.17) is 4.74 Å². The molecule has 7 rings (SSSR count). The number of fused-ring (bicyclic) bond motifs is 4. The summed E-state index contributed by atoms with van der Waals surface area (Å²) in [6.07, 6.45) is 0.824. The maximum absolute atomic E-state index is 13.7.